The zero-order chi connectivity index (χ0) is 15.1. The zero-order valence-corrected chi connectivity index (χ0v) is 13.5. The Balaban J connectivity index is 1.49. The van der Waals surface area contributed by atoms with Gasteiger partial charge in [-0.1, -0.05) is 6.07 Å². The normalized spacial score (nSPS) is 24.9. The van der Waals surface area contributed by atoms with Gasteiger partial charge < -0.3 is 9.32 Å². The predicted molar refractivity (Wildman–Crippen MR) is 86.0 cm³/mol. The molecule has 2 saturated heterocycles. The minimum atomic E-state index is 0.148. The smallest absolute Gasteiger partial charge is 0.257 e. The molecule has 2 aliphatic heterocycles. The molecule has 0 N–H and O–H groups in total. The van der Waals surface area contributed by atoms with Gasteiger partial charge in [0.25, 0.3) is 5.91 Å². The molecule has 5 heteroatoms. The Hall–Kier alpha value is -1.59. The van der Waals surface area contributed by atoms with Gasteiger partial charge in [0, 0.05) is 36.6 Å². The number of hydrogen-bond donors (Lipinski definition) is 0. The first kappa shape index (κ1) is 14.0. The van der Waals surface area contributed by atoms with Gasteiger partial charge in [0.1, 0.15) is 5.76 Å². The average Bonchev–Trinajstić information content (AvgIpc) is 3.20. The van der Waals surface area contributed by atoms with E-state index in [0.717, 1.165) is 43.8 Å². The SMILES string of the molecule is Cc1occc1C(=O)N1[C@H]2CC[C@H]1CN(Cc1cccs1)C2. The molecule has 2 aliphatic rings. The van der Waals surface area contributed by atoms with Crippen molar-refractivity contribution < 1.29 is 9.21 Å². The van der Waals surface area contributed by atoms with Crippen LogP contribution in [0.2, 0.25) is 0 Å². The fourth-order valence-corrected chi connectivity index (χ4v) is 4.57. The van der Waals surface area contributed by atoms with Crippen molar-refractivity contribution in [1.82, 2.24) is 9.80 Å². The highest BCUT2D eigenvalue weighted by atomic mass is 32.1. The van der Waals surface area contributed by atoms with Crippen LogP contribution < -0.4 is 0 Å². The molecule has 2 aromatic rings. The van der Waals surface area contributed by atoms with Crippen molar-refractivity contribution in [2.24, 2.45) is 0 Å². The number of likely N-dealkylation sites (tertiary alicyclic amines) is 1. The number of thiophene rings is 1. The van der Waals surface area contributed by atoms with Crippen molar-refractivity contribution in [3.8, 4) is 0 Å². The summed E-state index contributed by atoms with van der Waals surface area (Å²) in [5.41, 5.74) is 0.726. The summed E-state index contributed by atoms with van der Waals surface area (Å²) in [5.74, 6) is 0.875. The van der Waals surface area contributed by atoms with Crippen molar-refractivity contribution >= 4 is 17.2 Å². The van der Waals surface area contributed by atoms with Gasteiger partial charge in [-0.05, 0) is 37.3 Å². The maximum absolute atomic E-state index is 12.8. The Morgan fingerprint density at radius 3 is 2.68 bits per heavy atom. The van der Waals surface area contributed by atoms with Crippen molar-refractivity contribution in [3.05, 3.63) is 46.0 Å². The van der Waals surface area contributed by atoms with Crippen LogP contribution >= 0.6 is 11.3 Å². The Kier molecular flexibility index (Phi) is 3.54. The van der Waals surface area contributed by atoms with E-state index < -0.39 is 0 Å². The second kappa shape index (κ2) is 5.56. The van der Waals surface area contributed by atoms with Gasteiger partial charge in [0.05, 0.1) is 11.8 Å². The van der Waals surface area contributed by atoms with Crippen LogP contribution in [0.3, 0.4) is 0 Å². The molecule has 0 spiro atoms. The first-order valence-corrected chi connectivity index (χ1v) is 8.72. The molecule has 2 aromatic heterocycles. The highest BCUT2D eigenvalue weighted by molar-refractivity contribution is 7.09. The Bertz CT molecular complexity index is 650. The minimum absolute atomic E-state index is 0.148. The van der Waals surface area contributed by atoms with Crippen molar-refractivity contribution in [2.45, 2.75) is 38.4 Å². The topological polar surface area (TPSA) is 36.7 Å². The molecule has 2 fully saturated rings. The van der Waals surface area contributed by atoms with Crippen molar-refractivity contribution in [2.75, 3.05) is 13.1 Å². The minimum Gasteiger partial charge on any atom is -0.469 e. The van der Waals surface area contributed by atoms with Crippen LogP contribution in [0.5, 0.6) is 0 Å². The number of amides is 1. The number of rotatable bonds is 3. The lowest BCUT2D eigenvalue weighted by Crippen LogP contribution is -2.55. The number of fused-ring (bicyclic) bond motifs is 2. The van der Waals surface area contributed by atoms with Gasteiger partial charge in [-0.15, -0.1) is 11.3 Å². The van der Waals surface area contributed by atoms with E-state index in [2.05, 4.69) is 27.3 Å². The van der Waals surface area contributed by atoms with E-state index >= 15 is 0 Å². The largest absolute Gasteiger partial charge is 0.469 e. The van der Waals surface area contributed by atoms with Crippen LogP contribution in [0, 0.1) is 6.92 Å². The quantitative estimate of drug-likeness (QED) is 0.873. The molecule has 2 bridgehead atoms. The number of hydrogen-bond acceptors (Lipinski definition) is 4. The lowest BCUT2D eigenvalue weighted by molar-refractivity contribution is 0.0406. The van der Waals surface area contributed by atoms with E-state index in [1.54, 1.807) is 12.3 Å². The second-order valence-corrected chi connectivity index (χ2v) is 7.29. The first-order valence-electron chi connectivity index (χ1n) is 7.84. The van der Waals surface area contributed by atoms with E-state index in [1.165, 1.54) is 4.88 Å². The molecule has 22 heavy (non-hydrogen) atoms. The van der Waals surface area contributed by atoms with Gasteiger partial charge >= 0.3 is 0 Å². The molecule has 0 saturated carbocycles. The van der Waals surface area contributed by atoms with Gasteiger partial charge in [-0.3, -0.25) is 9.69 Å². The number of nitrogens with zero attached hydrogens (tertiary/aromatic N) is 2. The maximum atomic E-state index is 12.8. The molecular formula is C17H20N2O2S. The van der Waals surface area contributed by atoms with E-state index in [0.29, 0.717) is 12.1 Å². The summed E-state index contributed by atoms with van der Waals surface area (Å²) in [6.45, 7) is 4.84. The van der Waals surface area contributed by atoms with Crippen LogP contribution in [0.15, 0.2) is 34.3 Å². The third kappa shape index (κ3) is 2.38. The fourth-order valence-electron chi connectivity index (χ4n) is 3.82. The summed E-state index contributed by atoms with van der Waals surface area (Å²) in [4.78, 5) is 18.8. The molecule has 2 atom stereocenters. The number of aryl methyl sites for hydroxylation is 1. The van der Waals surface area contributed by atoms with Crippen molar-refractivity contribution in [1.29, 1.82) is 0 Å². The first-order chi connectivity index (χ1) is 10.7. The third-order valence-corrected chi connectivity index (χ3v) is 5.70. The van der Waals surface area contributed by atoms with Crippen LogP contribution in [0.25, 0.3) is 0 Å². The second-order valence-electron chi connectivity index (χ2n) is 6.26. The zero-order valence-electron chi connectivity index (χ0n) is 12.7. The van der Waals surface area contributed by atoms with Gasteiger partial charge in [-0.2, -0.15) is 0 Å². The van der Waals surface area contributed by atoms with Crippen LogP contribution in [0.1, 0.15) is 33.8 Å². The molecule has 0 radical (unpaired) electrons. The summed E-state index contributed by atoms with van der Waals surface area (Å²) in [5, 5.41) is 2.13. The monoisotopic (exact) mass is 316 g/mol. The number of carbonyl (C=O) groups is 1. The molecule has 0 aliphatic carbocycles. The van der Waals surface area contributed by atoms with E-state index in [1.807, 2.05) is 18.3 Å². The maximum Gasteiger partial charge on any atom is 0.257 e. The summed E-state index contributed by atoms with van der Waals surface area (Å²) < 4.78 is 5.30. The lowest BCUT2D eigenvalue weighted by Gasteiger charge is -2.41. The third-order valence-electron chi connectivity index (χ3n) is 4.84. The number of furan rings is 1. The lowest BCUT2D eigenvalue weighted by atomic mass is 10.1. The number of carbonyl (C=O) groups excluding carboxylic acids is 1. The standard InChI is InChI=1S/C17H20N2O2S/c1-12-16(6-7-21-12)17(20)19-13-4-5-14(19)10-18(9-13)11-15-3-2-8-22-15/h2-3,6-8,13-14H,4-5,9-11H2,1H3/t13-,14-/m0/s1. The van der Waals surface area contributed by atoms with Crippen molar-refractivity contribution in [3.63, 3.8) is 0 Å². The summed E-state index contributed by atoms with van der Waals surface area (Å²) in [7, 11) is 0. The van der Waals surface area contributed by atoms with Gasteiger partial charge in [-0.25, -0.2) is 0 Å². The highest BCUT2D eigenvalue weighted by Crippen LogP contribution is 2.33. The fraction of sp³-hybridized carbons (Fsp3) is 0.471. The van der Waals surface area contributed by atoms with Crippen LogP contribution in [-0.2, 0) is 6.54 Å². The number of piperazine rings is 1. The Morgan fingerprint density at radius 2 is 2.09 bits per heavy atom. The van der Waals surface area contributed by atoms with E-state index in [4.69, 9.17) is 4.42 Å². The Labute approximate surface area is 134 Å². The Morgan fingerprint density at radius 1 is 1.32 bits per heavy atom. The van der Waals surface area contributed by atoms with Crippen LogP contribution in [0.4, 0.5) is 0 Å². The molecule has 4 heterocycles. The molecular weight excluding hydrogens is 296 g/mol. The summed E-state index contributed by atoms with van der Waals surface area (Å²) >= 11 is 1.81. The highest BCUT2D eigenvalue weighted by Gasteiger charge is 2.43. The summed E-state index contributed by atoms with van der Waals surface area (Å²) in [6.07, 6.45) is 3.85. The molecule has 1 amide bonds. The van der Waals surface area contributed by atoms with Gasteiger partial charge in [0.15, 0.2) is 0 Å². The predicted octanol–water partition coefficient (Wildman–Crippen LogP) is 3.14. The molecule has 116 valence electrons. The summed E-state index contributed by atoms with van der Waals surface area (Å²) in [6, 6.07) is 6.80. The van der Waals surface area contributed by atoms with Gasteiger partial charge in [0.2, 0.25) is 0 Å². The molecule has 4 rings (SSSR count). The van der Waals surface area contributed by atoms with E-state index in [-0.39, 0.29) is 5.91 Å². The molecule has 4 nitrogen and oxygen atoms in total. The van der Waals surface area contributed by atoms with Crippen LogP contribution in [-0.4, -0.2) is 40.9 Å². The van der Waals surface area contributed by atoms with E-state index in [9.17, 15) is 4.79 Å². The average molecular weight is 316 g/mol. The molecule has 0 unspecified atom stereocenters. The molecule has 0 aromatic carbocycles.